The first-order chi connectivity index (χ1) is 14.1. The van der Waals surface area contributed by atoms with Gasteiger partial charge >= 0.3 is 0 Å². The Balaban J connectivity index is 1.49. The molecule has 1 N–H and O–H groups in total. The molecule has 2 amide bonds. The number of pyridine rings is 1. The smallest absolute Gasteiger partial charge is 0.224 e. The zero-order chi connectivity index (χ0) is 20.2. The maximum atomic E-state index is 12.8. The van der Waals surface area contributed by atoms with Gasteiger partial charge in [-0.2, -0.15) is 0 Å². The molecule has 2 saturated heterocycles. The molecule has 2 aromatic rings. The molecule has 0 aliphatic carbocycles. The van der Waals surface area contributed by atoms with E-state index in [0.717, 1.165) is 43.9 Å². The number of amides is 2. The van der Waals surface area contributed by atoms with E-state index < -0.39 is 0 Å². The predicted molar refractivity (Wildman–Crippen MR) is 110 cm³/mol. The van der Waals surface area contributed by atoms with Crippen molar-refractivity contribution in [2.45, 2.75) is 45.2 Å². The quantitative estimate of drug-likeness (QED) is 0.837. The average molecular weight is 396 g/mol. The number of rotatable bonds is 5. The summed E-state index contributed by atoms with van der Waals surface area (Å²) in [7, 11) is 0. The van der Waals surface area contributed by atoms with Gasteiger partial charge in [0.25, 0.3) is 0 Å². The van der Waals surface area contributed by atoms with Gasteiger partial charge in [-0.3, -0.25) is 9.59 Å². The summed E-state index contributed by atoms with van der Waals surface area (Å²) in [6.45, 7) is 4.57. The zero-order valence-electron chi connectivity index (χ0n) is 16.8. The van der Waals surface area contributed by atoms with Crippen LogP contribution < -0.4 is 10.2 Å². The summed E-state index contributed by atoms with van der Waals surface area (Å²) in [6.07, 6.45) is 11.0. The molecule has 4 rings (SSSR count). The lowest BCUT2D eigenvalue weighted by Gasteiger charge is -2.32. The fourth-order valence-corrected chi connectivity index (χ4v) is 4.53. The monoisotopic (exact) mass is 396 g/mol. The molecule has 0 bridgehead atoms. The summed E-state index contributed by atoms with van der Waals surface area (Å²) in [5.41, 5.74) is 0.741. The number of carbonyl (C=O) groups is 2. The number of nitrogens with zero attached hydrogens (tertiary/aromatic N) is 5. The lowest BCUT2D eigenvalue weighted by atomic mass is 9.98. The maximum absolute atomic E-state index is 12.8. The third kappa shape index (κ3) is 4.41. The van der Waals surface area contributed by atoms with Crippen LogP contribution in [0.2, 0.25) is 0 Å². The molecule has 0 spiro atoms. The molecule has 2 aromatic heterocycles. The van der Waals surface area contributed by atoms with Gasteiger partial charge in [-0.1, -0.05) is 6.42 Å². The Morgan fingerprint density at radius 1 is 1.24 bits per heavy atom. The van der Waals surface area contributed by atoms with Gasteiger partial charge < -0.3 is 19.7 Å². The molecule has 0 radical (unpaired) electrons. The molecule has 2 atom stereocenters. The normalized spacial score (nSPS) is 21.6. The number of anilines is 2. The molecular formula is C21H28N6O2. The molecule has 2 fully saturated rings. The van der Waals surface area contributed by atoms with Gasteiger partial charge in [0, 0.05) is 58.1 Å². The van der Waals surface area contributed by atoms with Gasteiger partial charge in [-0.05, 0) is 30.9 Å². The second kappa shape index (κ2) is 8.63. The number of hydrogen-bond donors (Lipinski definition) is 1. The van der Waals surface area contributed by atoms with E-state index in [1.165, 1.54) is 6.92 Å². The van der Waals surface area contributed by atoms with Gasteiger partial charge in [0.05, 0.1) is 18.1 Å². The fourth-order valence-electron chi connectivity index (χ4n) is 4.53. The van der Waals surface area contributed by atoms with Crippen molar-refractivity contribution in [1.82, 2.24) is 19.4 Å². The number of carbonyl (C=O) groups excluding carboxylic acids is 2. The molecule has 29 heavy (non-hydrogen) atoms. The van der Waals surface area contributed by atoms with Gasteiger partial charge in [0.2, 0.25) is 11.8 Å². The van der Waals surface area contributed by atoms with Crippen molar-refractivity contribution < 1.29 is 9.59 Å². The van der Waals surface area contributed by atoms with Crippen LogP contribution in [0.5, 0.6) is 0 Å². The first-order valence-electron chi connectivity index (χ1n) is 10.3. The van der Waals surface area contributed by atoms with E-state index in [2.05, 4.69) is 20.2 Å². The van der Waals surface area contributed by atoms with Crippen molar-refractivity contribution in [3.8, 4) is 0 Å². The maximum Gasteiger partial charge on any atom is 0.224 e. The topological polar surface area (TPSA) is 83.4 Å². The van der Waals surface area contributed by atoms with Crippen LogP contribution in [-0.2, 0) is 16.1 Å². The van der Waals surface area contributed by atoms with Gasteiger partial charge in [-0.25, -0.2) is 9.97 Å². The number of fused-ring (bicyclic) bond motifs is 1. The van der Waals surface area contributed by atoms with Crippen molar-refractivity contribution >= 4 is 23.3 Å². The van der Waals surface area contributed by atoms with Crippen LogP contribution in [0.15, 0.2) is 37.1 Å². The number of likely N-dealkylation sites (tertiary alicyclic amines) is 1. The van der Waals surface area contributed by atoms with Crippen molar-refractivity contribution in [2.75, 3.05) is 29.9 Å². The minimum Gasteiger partial charge on any atom is -0.350 e. The third-order valence-corrected chi connectivity index (χ3v) is 5.90. The summed E-state index contributed by atoms with van der Waals surface area (Å²) in [4.78, 5) is 37.4. The first-order valence-corrected chi connectivity index (χ1v) is 10.3. The van der Waals surface area contributed by atoms with Crippen LogP contribution in [-0.4, -0.2) is 56.9 Å². The van der Waals surface area contributed by atoms with Crippen LogP contribution in [0, 0.1) is 5.92 Å². The van der Waals surface area contributed by atoms with Crippen molar-refractivity contribution in [2.24, 2.45) is 5.92 Å². The molecule has 4 heterocycles. The van der Waals surface area contributed by atoms with Gasteiger partial charge in [0.15, 0.2) is 5.82 Å². The molecule has 0 saturated carbocycles. The Kier molecular flexibility index (Phi) is 5.78. The van der Waals surface area contributed by atoms with E-state index in [1.807, 2.05) is 27.8 Å². The SMILES string of the molecule is CC(=O)Nc1cccnc1N1CCCC[C@@H]2CN(C(=O)CCn3ccnc3)C[C@@H]21. The molecule has 8 nitrogen and oxygen atoms in total. The number of aromatic nitrogens is 3. The Morgan fingerprint density at radius 2 is 2.14 bits per heavy atom. The van der Waals surface area contributed by atoms with E-state index in [9.17, 15) is 9.59 Å². The van der Waals surface area contributed by atoms with Crippen LogP contribution in [0.4, 0.5) is 11.5 Å². The highest BCUT2D eigenvalue weighted by molar-refractivity contribution is 5.92. The molecule has 2 aliphatic heterocycles. The summed E-state index contributed by atoms with van der Waals surface area (Å²) >= 11 is 0. The Labute approximate surface area is 170 Å². The second-order valence-corrected chi connectivity index (χ2v) is 7.92. The second-order valence-electron chi connectivity index (χ2n) is 7.92. The fraction of sp³-hybridized carbons (Fsp3) is 0.524. The summed E-state index contributed by atoms with van der Waals surface area (Å²) < 4.78 is 1.94. The molecule has 0 aromatic carbocycles. The zero-order valence-corrected chi connectivity index (χ0v) is 16.8. The summed E-state index contributed by atoms with van der Waals surface area (Å²) in [6, 6.07) is 3.97. The van der Waals surface area contributed by atoms with E-state index >= 15 is 0 Å². The highest BCUT2D eigenvalue weighted by atomic mass is 16.2. The highest BCUT2D eigenvalue weighted by Crippen LogP contribution is 2.35. The Bertz CT molecular complexity index is 853. The first kappa shape index (κ1) is 19.4. The van der Waals surface area contributed by atoms with E-state index in [0.29, 0.717) is 25.4 Å². The van der Waals surface area contributed by atoms with Crippen molar-refractivity contribution in [3.05, 3.63) is 37.1 Å². The Morgan fingerprint density at radius 3 is 2.93 bits per heavy atom. The van der Waals surface area contributed by atoms with E-state index in [1.54, 1.807) is 18.7 Å². The number of nitrogens with one attached hydrogen (secondary N) is 1. The van der Waals surface area contributed by atoms with Crippen molar-refractivity contribution in [1.29, 1.82) is 0 Å². The predicted octanol–water partition coefficient (Wildman–Crippen LogP) is 2.14. The number of aryl methyl sites for hydroxylation is 1. The minimum atomic E-state index is -0.103. The lowest BCUT2D eigenvalue weighted by molar-refractivity contribution is -0.130. The van der Waals surface area contributed by atoms with Gasteiger partial charge in [-0.15, -0.1) is 0 Å². The van der Waals surface area contributed by atoms with E-state index in [-0.39, 0.29) is 17.9 Å². The van der Waals surface area contributed by atoms with Gasteiger partial charge in [0.1, 0.15) is 0 Å². The average Bonchev–Trinajstić information content (AvgIpc) is 3.33. The molecule has 8 heteroatoms. The Hall–Kier alpha value is -2.90. The van der Waals surface area contributed by atoms with Crippen LogP contribution in [0.1, 0.15) is 32.6 Å². The number of imidazole rings is 1. The standard InChI is InChI=1S/C21H28N6O2/c1-16(28)24-18-6-4-8-23-21(18)27-10-3-2-5-17-13-26(14-19(17)27)20(29)7-11-25-12-9-22-15-25/h4,6,8-9,12,15,17,19H,2-3,5,7,10-11,13-14H2,1H3,(H,24,28)/t17-,19+/m1/s1. The number of hydrogen-bond acceptors (Lipinski definition) is 5. The largest absolute Gasteiger partial charge is 0.350 e. The summed E-state index contributed by atoms with van der Waals surface area (Å²) in [5, 5.41) is 2.91. The van der Waals surface area contributed by atoms with Crippen LogP contribution in [0.3, 0.4) is 0 Å². The van der Waals surface area contributed by atoms with E-state index in [4.69, 9.17) is 0 Å². The van der Waals surface area contributed by atoms with Crippen LogP contribution in [0.25, 0.3) is 0 Å². The third-order valence-electron chi connectivity index (χ3n) is 5.90. The van der Waals surface area contributed by atoms with Crippen LogP contribution >= 0.6 is 0 Å². The molecule has 154 valence electrons. The van der Waals surface area contributed by atoms with Crippen molar-refractivity contribution in [3.63, 3.8) is 0 Å². The molecule has 2 aliphatic rings. The molecular weight excluding hydrogens is 368 g/mol. The minimum absolute atomic E-state index is 0.103. The molecule has 0 unspecified atom stereocenters. The highest BCUT2D eigenvalue weighted by Gasteiger charge is 2.40. The lowest BCUT2D eigenvalue weighted by Crippen LogP contribution is -2.42. The summed E-state index contributed by atoms with van der Waals surface area (Å²) in [5.74, 6) is 1.33.